The number of rotatable bonds is 5. The number of aromatic nitrogens is 2. The van der Waals surface area contributed by atoms with E-state index in [4.69, 9.17) is 4.98 Å². The van der Waals surface area contributed by atoms with Gasteiger partial charge in [-0.15, -0.1) is 11.3 Å². The molecule has 0 aliphatic carbocycles. The van der Waals surface area contributed by atoms with Gasteiger partial charge in [-0.05, 0) is 51.3 Å². The first-order valence-electron chi connectivity index (χ1n) is 7.98. The first kappa shape index (κ1) is 17.4. The fourth-order valence-corrected chi connectivity index (χ4v) is 3.17. The van der Waals surface area contributed by atoms with E-state index in [-0.39, 0.29) is 0 Å². The molecule has 0 atom stereocenters. The molecular weight excluding hydrogens is 300 g/mol. The van der Waals surface area contributed by atoms with E-state index in [2.05, 4.69) is 62.4 Å². The van der Waals surface area contributed by atoms with Crippen molar-refractivity contribution in [3.63, 3.8) is 0 Å². The fraction of sp³-hybridized carbons (Fsp3) is 0.300. The largest absolute Gasteiger partial charge is 0.253 e. The number of hydrogen-bond donors (Lipinski definition) is 0. The van der Waals surface area contributed by atoms with Crippen LogP contribution in [0, 0.1) is 6.92 Å². The summed E-state index contributed by atoms with van der Waals surface area (Å²) in [6.07, 6.45) is 9.34. The summed E-state index contributed by atoms with van der Waals surface area (Å²) in [5, 5.41) is 3.09. The van der Waals surface area contributed by atoms with Gasteiger partial charge in [-0.25, -0.2) is 4.98 Å². The molecule has 0 N–H and O–H groups in total. The van der Waals surface area contributed by atoms with Crippen molar-refractivity contribution in [2.75, 3.05) is 0 Å². The molecule has 0 spiro atoms. The normalized spacial score (nSPS) is 13.5. The highest BCUT2D eigenvalue weighted by atomic mass is 32.1. The average molecular weight is 324 g/mol. The van der Waals surface area contributed by atoms with Crippen LogP contribution >= 0.6 is 11.3 Å². The van der Waals surface area contributed by atoms with Crippen LogP contribution in [-0.4, -0.2) is 9.97 Å². The van der Waals surface area contributed by atoms with Crippen molar-refractivity contribution in [2.45, 2.75) is 41.0 Å². The first-order valence-corrected chi connectivity index (χ1v) is 8.86. The Labute approximate surface area is 143 Å². The number of allylic oxidation sites excluding steroid dienone is 6. The van der Waals surface area contributed by atoms with Crippen LogP contribution < -0.4 is 0 Å². The molecule has 23 heavy (non-hydrogen) atoms. The van der Waals surface area contributed by atoms with Gasteiger partial charge in [-0.1, -0.05) is 36.8 Å². The smallest absolute Gasteiger partial charge is 0.142 e. The van der Waals surface area contributed by atoms with Gasteiger partial charge in [0, 0.05) is 17.2 Å². The molecule has 120 valence electrons. The van der Waals surface area contributed by atoms with E-state index < -0.39 is 0 Å². The molecule has 0 aliphatic rings. The Morgan fingerprint density at radius 3 is 2.61 bits per heavy atom. The molecule has 0 unspecified atom stereocenters. The van der Waals surface area contributed by atoms with Gasteiger partial charge in [-0.3, -0.25) is 4.98 Å². The summed E-state index contributed by atoms with van der Waals surface area (Å²) in [5.41, 5.74) is 6.96. The van der Waals surface area contributed by atoms with Gasteiger partial charge in [0.15, 0.2) is 0 Å². The molecule has 0 saturated heterocycles. The predicted molar refractivity (Wildman–Crippen MR) is 102 cm³/mol. The van der Waals surface area contributed by atoms with Crippen LogP contribution in [0.5, 0.6) is 0 Å². The second-order valence-electron chi connectivity index (χ2n) is 5.51. The first-order chi connectivity index (χ1) is 11.1. The predicted octanol–water partition coefficient (Wildman–Crippen LogP) is 6.22. The number of pyridine rings is 1. The Morgan fingerprint density at radius 2 is 2.04 bits per heavy atom. The Kier molecular flexibility index (Phi) is 6.05. The lowest BCUT2D eigenvalue weighted by molar-refractivity contribution is 1.08. The second-order valence-corrected chi connectivity index (χ2v) is 6.37. The zero-order chi connectivity index (χ0) is 16.8. The lowest BCUT2D eigenvalue weighted by Crippen LogP contribution is -1.93. The van der Waals surface area contributed by atoms with Crippen molar-refractivity contribution in [1.29, 1.82) is 0 Å². The summed E-state index contributed by atoms with van der Waals surface area (Å²) in [7, 11) is 0. The van der Waals surface area contributed by atoms with Crippen molar-refractivity contribution < 1.29 is 0 Å². The lowest BCUT2D eigenvalue weighted by Gasteiger charge is -2.10. The van der Waals surface area contributed by atoms with Crippen LogP contribution in [0.4, 0.5) is 0 Å². The summed E-state index contributed by atoms with van der Waals surface area (Å²) in [6, 6.07) is 4.11. The van der Waals surface area contributed by atoms with Crippen LogP contribution in [0.1, 0.15) is 45.4 Å². The highest BCUT2D eigenvalue weighted by Gasteiger charge is 2.13. The molecule has 0 radical (unpaired) electrons. The van der Waals surface area contributed by atoms with Crippen molar-refractivity contribution in [3.8, 4) is 10.7 Å². The number of aryl methyl sites for hydroxylation is 1. The average Bonchev–Trinajstić information content (AvgIpc) is 3.04. The molecule has 3 heteroatoms. The summed E-state index contributed by atoms with van der Waals surface area (Å²) < 4.78 is 0. The van der Waals surface area contributed by atoms with Crippen LogP contribution in [0.3, 0.4) is 0 Å². The quantitative estimate of drug-likeness (QED) is 0.610. The Hall–Kier alpha value is -2.00. The minimum absolute atomic E-state index is 0.936. The third kappa shape index (κ3) is 4.05. The van der Waals surface area contributed by atoms with Gasteiger partial charge in [0.1, 0.15) is 5.01 Å². The third-order valence-electron chi connectivity index (χ3n) is 3.81. The second kappa shape index (κ2) is 8.02. The molecule has 0 bridgehead atoms. The lowest BCUT2D eigenvalue weighted by atomic mass is 9.96. The van der Waals surface area contributed by atoms with Gasteiger partial charge < -0.3 is 0 Å². The maximum Gasteiger partial charge on any atom is 0.142 e. The molecule has 0 fully saturated rings. The molecule has 2 aromatic rings. The van der Waals surface area contributed by atoms with Crippen molar-refractivity contribution in [3.05, 3.63) is 64.3 Å². The molecule has 2 rings (SSSR count). The summed E-state index contributed by atoms with van der Waals surface area (Å²) >= 11 is 1.65. The summed E-state index contributed by atoms with van der Waals surface area (Å²) in [4.78, 5) is 9.30. The Morgan fingerprint density at radius 1 is 1.26 bits per heavy atom. The van der Waals surface area contributed by atoms with E-state index >= 15 is 0 Å². The van der Waals surface area contributed by atoms with E-state index in [9.17, 15) is 0 Å². The van der Waals surface area contributed by atoms with E-state index in [0.29, 0.717) is 0 Å². The molecule has 2 nitrogen and oxygen atoms in total. The minimum atomic E-state index is 0.936. The molecule has 0 amide bonds. The summed E-state index contributed by atoms with van der Waals surface area (Å²) in [5.74, 6) is 0. The molecule has 0 aromatic carbocycles. The van der Waals surface area contributed by atoms with E-state index in [1.54, 1.807) is 11.3 Å². The van der Waals surface area contributed by atoms with Crippen molar-refractivity contribution in [1.82, 2.24) is 9.97 Å². The maximum absolute atomic E-state index is 4.82. The van der Waals surface area contributed by atoms with Crippen LogP contribution in [0.25, 0.3) is 16.3 Å². The Bertz CT molecular complexity index is 746. The SMILES string of the molecule is C\C=C/C(=C(\C)CC)C(=C\C)/c1csc(-c2ccc(C)cn2)n1. The molecule has 0 aliphatic heterocycles. The van der Waals surface area contributed by atoms with Gasteiger partial charge in [0.2, 0.25) is 0 Å². The van der Waals surface area contributed by atoms with Crippen LogP contribution in [0.2, 0.25) is 0 Å². The van der Waals surface area contributed by atoms with E-state index in [1.807, 2.05) is 19.2 Å². The standard InChI is InChI=1S/C20H24N2S/c1-6-9-17(15(5)7-2)16(8-3)19-13-23-20(22-19)18-11-10-14(4)12-21-18/h6,8-13H,7H2,1-5H3/b9-6-,16-8+,17-15-. The number of nitrogens with zero attached hydrogens (tertiary/aromatic N) is 2. The van der Waals surface area contributed by atoms with Gasteiger partial charge in [0.25, 0.3) is 0 Å². The monoisotopic (exact) mass is 324 g/mol. The fourth-order valence-electron chi connectivity index (χ4n) is 2.37. The van der Waals surface area contributed by atoms with Crippen LogP contribution in [0.15, 0.2) is 53.1 Å². The third-order valence-corrected chi connectivity index (χ3v) is 4.68. The molecular formula is C20H24N2S. The summed E-state index contributed by atoms with van der Waals surface area (Å²) in [6.45, 7) is 10.6. The minimum Gasteiger partial charge on any atom is -0.253 e. The number of hydrogen-bond acceptors (Lipinski definition) is 3. The van der Waals surface area contributed by atoms with Gasteiger partial charge >= 0.3 is 0 Å². The zero-order valence-electron chi connectivity index (χ0n) is 14.6. The highest BCUT2D eigenvalue weighted by molar-refractivity contribution is 7.13. The van der Waals surface area contributed by atoms with Crippen LogP contribution in [-0.2, 0) is 0 Å². The Balaban J connectivity index is 2.43. The maximum atomic E-state index is 4.82. The number of thiazole rings is 1. The molecule has 2 aromatic heterocycles. The molecule has 2 heterocycles. The topological polar surface area (TPSA) is 25.8 Å². The zero-order valence-corrected chi connectivity index (χ0v) is 15.4. The highest BCUT2D eigenvalue weighted by Crippen LogP contribution is 2.31. The van der Waals surface area contributed by atoms with E-state index in [0.717, 1.165) is 28.4 Å². The van der Waals surface area contributed by atoms with E-state index in [1.165, 1.54) is 16.7 Å². The van der Waals surface area contributed by atoms with Gasteiger partial charge in [-0.2, -0.15) is 0 Å². The van der Waals surface area contributed by atoms with Crippen molar-refractivity contribution in [2.24, 2.45) is 0 Å². The van der Waals surface area contributed by atoms with Gasteiger partial charge in [0.05, 0.1) is 11.4 Å². The molecule has 0 saturated carbocycles. The van der Waals surface area contributed by atoms with Crippen molar-refractivity contribution >= 4 is 16.9 Å².